The third kappa shape index (κ3) is 14.5. The molecule has 0 bridgehead atoms. The van der Waals surface area contributed by atoms with Gasteiger partial charge in [0.15, 0.2) is 11.2 Å². The molecule has 5 rings (SSSR count). The van der Waals surface area contributed by atoms with Crippen LogP contribution in [0.4, 0.5) is 0 Å². The smallest absolute Gasteiger partial charge is 0.330 e. The summed E-state index contributed by atoms with van der Waals surface area (Å²) in [5.41, 5.74) is -0.0949. The summed E-state index contributed by atoms with van der Waals surface area (Å²) in [6.45, 7) is 15.6. The molecule has 0 radical (unpaired) electrons. The first-order chi connectivity index (χ1) is 29.1. The molecule has 7 nitrogen and oxygen atoms in total. The normalized spacial score (nSPS) is 28.9. The zero-order valence-corrected chi connectivity index (χ0v) is 36.9. The number of esters is 3. The van der Waals surface area contributed by atoms with Gasteiger partial charge in [-0.2, -0.15) is 0 Å². The number of hydrogen-bond donors (Lipinski definition) is 0. The van der Waals surface area contributed by atoms with Crippen LogP contribution in [0.5, 0.6) is 0 Å². The predicted octanol–water partition coefficient (Wildman–Crippen LogP) is 11.8. The highest BCUT2D eigenvalue weighted by Crippen LogP contribution is 2.46. The number of carbonyl (C=O) groups is 3. The molecule has 0 aromatic heterocycles. The van der Waals surface area contributed by atoms with Crippen LogP contribution in [-0.2, 0) is 33.3 Å². The summed E-state index contributed by atoms with van der Waals surface area (Å²) in [4.78, 5) is 37.8. The Morgan fingerprint density at radius 2 is 0.983 bits per heavy atom. The van der Waals surface area contributed by atoms with E-state index in [0.717, 1.165) is 79.4 Å². The number of rotatable bonds is 17. The van der Waals surface area contributed by atoms with Crippen molar-refractivity contribution < 1.29 is 33.3 Å². The molecule has 0 heterocycles. The van der Waals surface area contributed by atoms with Crippen molar-refractivity contribution in [2.45, 2.75) is 166 Å². The lowest BCUT2D eigenvalue weighted by Gasteiger charge is -2.41. The van der Waals surface area contributed by atoms with Gasteiger partial charge in [-0.3, -0.25) is 9.59 Å². The lowest BCUT2D eigenvalue weighted by atomic mass is 9.67. The van der Waals surface area contributed by atoms with Gasteiger partial charge in [0, 0.05) is 17.2 Å². The van der Waals surface area contributed by atoms with Gasteiger partial charge in [-0.1, -0.05) is 96.8 Å². The fourth-order valence-corrected chi connectivity index (χ4v) is 10.5. The monoisotopic (exact) mass is 821 g/mol. The molecule has 4 aliphatic carbocycles. The summed E-state index contributed by atoms with van der Waals surface area (Å²) in [6, 6.07) is 7.83. The second kappa shape index (κ2) is 23.7. The van der Waals surface area contributed by atoms with E-state index in [1.54, 1.807) is 0 Å². The van der Waals surface area contributed by atoms with E-state index in [9.17, 15) is 14.4 Å². The first-order valence-electron chi connectivity index (χ1n) is 23.4. The maximum atomic E-state index is 13.1. The Balaban J connectivity index is 1.26. The summed E-state index contributed by atoms with van der Waals surface area (Å²) in [5, 5.41) is 0. The van der Waals surface area contributed by atoms with Crippen LogP contribution in [0.25, 0.3) is 0 Å². The summed E-state index contributed by atoms with van der Waals surface area (Å²) < 4.78 is 23.0. The summed E-state index contributed by atoms with van der Waals surface area (Å²) in [7, 11) is 0. The zero-order chi connectivity index (χ0) is 42.8. The fraction of sp³-hybridized carbons (Fsp3) is 0.642. The van der Waals surface area contributed by atoms with E-state index in [1.165, 1.54) is 83.1 Å². The number of benzene rings is 1. The molecule has 0 N–H and O–H groups in total. The minimum Gasteiger partial charge on any atom is -0.494 e. The summed E-state index contributed by atoms with van der Waals surface area (Å²) in [5.74, 6) is 17.2. The molecule has 0 atom stereocenters. The van der Waals surface area contributed by atoms with Crippen molar-refractivity contribution in [2.75, 3.05) is 13.2 Å². The number of allylic oxidation sites excluding steroid dienone is 1. The van der Waals surface area contributed by atoms with Gasteiger partial charge in [-0.05, 0) is 155 Å². The molecule has 0 saturated heterocycles. The molecule has 7 heteroatoms. The molecule has 1 aromatic carbocycles. The summed E-state index contributed by atoms with van der Waals surface area (Å²) >= 11 is 0. The van der Waals surface area contributed by atoms with Crippen LogP contribution in [-0.4, -0.2) is 42.3 Å². The van der Waals surface area contributed by atoms with E-state index in [2.05, 4.69) is 57.3 Å². The Morgan fingerprint density at radius 3 is 1.35 bits per heavy atom. The van der Waals surface area contributed by atoms with Crippen molar-refractivity contribution in [2.24, 2.45) is 35.5 Å². The average Bonchev–Trinajstić information content (AvgIpc) is 3.26. The molecule has 1 aromatic rings. The second-order valence-electron chi connectivity index (χ2n) is 18.2. The maximum absolute atomic E-state index is 13.1. The first kappa shape index (κ1) is 46.8. The van der Waals surface area contributed by atoms with Gasteiger partial charge in [-0.25, -0.2) is 4.79 Å². The highest BCUT2D eigenvalue weighted by atomic mass is 16.6. The van der Waals surface area contributed by atoms with Crippen molar-refractivity contribution in [3.05, 3.63) is 73.0 Å². The lowest BCUT2D eigenvalue weighted by Crippen LogP contribution is -2.40. The van der Waals surface area contributed by atoms with Crippen LogP contribution in [0.3, 0.4) is 0 Å². The van der Waals surface area contributed by atoms with Gasteiger partial charge in [0.05, 0.1) is 19.4 Å². The Hall–Kier alpha value is -4.23. The van der Waals surface area contributed by atoms with Crippen molar-refractivity contribution >= 4 is 17.9 Å². The van der Waals surface area contributed by atoms with E-state index in [1.807, 2.05) is 24.3 Å². The van der Waals surface area contributed by atoms with E-state index < -0.39 is 23.1 Å². The number of hydrogen-bond acceptors (Lipinski definition) is 7. The topological polar surface area (TPSA) is 88.1 Å². The molecule has 4 fully saturated rings. The van der Waals surface area contributed by atoms with Gasteiger partial charge in [0.1, 0.15) is 12.4 Å². The van der Waals surface area contributed by atoms with Crippen molar-refractivity contribution in [1.29, 1.82) is 0 Å². The van der Waals surface area contributed by atoms with Crippen molar-refractivity contribution in [1.82, 2.24) is 0 Å². The third-order valence-corrected chi connectivity index (χ3v) is 14.1. The predicted molar refractivity (Wildman–Crippen MR) is 238 cm³/mol. The van der Waals surface area contributed by atoms with E-state index in [-0.39, 0.29) is 32.0 Å². The van der Waals surface area contributed by atoms with Crippen molar-refractivity contribution in [3.63, 3.8) is 0 Å². The molecule has 0 unspecified atom stereocenters. The van der Waals surface area contributed by atoms with Gasteiger partial charge >= 0.3 is 17.9 Å². The molecule has 60 heavy (non-hydrogen) atoms. The molecular weight excluding hydrogens is 749 g/mol. The van der Waals surface area contributed by atoms with Gasteiger partial charge < -0.3 is 18.9 Å². The molecule has 4 aliphatic rings. The average molecular weight is 821 g/mol. The van der Waals surface area contributed by atoms with Gasteiger partial charge in [0.2, 0.25) is 0 Å². The molecular formula is C53H72O7. The van der Waals surface area contributed by atoms with Crippen LogP contribution < -0.4 is 0 Å². The lowest BCUT2D eigenvalue weighted by molar-refractivity contribution is -0.160. The fourth-order valence-electron chi connectivity index (χ4n) is 10.5. The second-order valence-corrected chi connectivity index (χ2v) is 18.2. The molecule has 0 aliphatic heterocycles. The van der Waals surface area contributed by atoms with Crippen LogP contribution in [0.1, 0.15) is 166 Å². The third-order valence-electron chi connectivity index (χ3n) is 14.1. The highest BCUT2D eigenvalue weighted by Gasteiger charge is 2.42. The molecule has 4 saturated carbocycles. The van der Waals surface area contributed by atoms with Crippen LogP contribution in [0.2, 0.25) is 0 Å². The quantitative estimate of drug-likeness (QED) is 0.0386. The van der Waals surface area contributed by atoms with Crippen LogP contribution >= 0.6 is 0 Å². The Bertz CT molecular complexity index is 1570. The Labute approximate surface area is 361 Å². The van der Waals surface area contributed by atoms with Crippen molar-refractivity contribution in [3.8, 4) is 23.7 Å². The van der Waals surface area contributed by atoms with E-state index in [0.29, 0.717) is 30.4 Å². The largest absolute Gasteiger partial charge is 0.494 e. The van der Waals surface area contributed by atoms with E-state index in [4.69, 9.17) is 18.9 Å². The van der Waals surface area contributed by atoms with Crippen LogP contribution in [0.15, 0.2) is 61.9 Å². The number of ether oxygens (including phenoxy) is 4. The molecule has 0 spiro atoms. The highest BCUT2D eigenvalue weighted by molar-refractivity contribution is 5.81. The van der Waals surface area contributed by atoms with E-state index >= 15 is 0 Å². The van der Waals surface area contributed by atoms with Gasteiger partial charge in [-0.15, -0.1) is 0 Å². The first-order valence-corrected chi connectivity index (χ1v) is 23.4. The minimum absolute atomic E-state index is 0.0302. The van der Waals surface area contributed by atoms with Crippen LogP contribution in [0, 0.1) is 59.2 Å². The SMILES string of the molecule is C=CC(=C)OCCC(=O)OC1(C#Cc2ccc(C#CC3(OC(=O)CCOC(=O)C=C)CCC(C4CCC(CCC)CC4)CC3)cc2)CCC(C2CCC(CCC)CC2)CC1. The Morgan fingerprint density at radius 1 is 0.600 bits per heavy atom. The minimum atomic E-state index is -0.887. The Kier molecular flexibility index (Phi) is 18.5. The van der Waals surface area contributed by atoms with Gasteiger partial charge in [0.25, 0.3) is 0 Å². The standard InChI is InChI=1S/C53H72O7/c1-6-10-41-16-20-45(21-17-41)47-26-34-52(35-27-47,59-50(55)30-38-57-40(5)8-3)32-24-43-12-14-44(15-13-43)25-33-53(60-51(56)31-39-58-49(54)9-4)36-28-48(29-37-53)46-22-18-42(11-7-2)19-23-46/h8-9,12-15,41-42,45-48H,3-7,10-11,16-23,26-31,34-39H2,1-2H3. The zero-order valence-electron chi connectivity index (χ0n) is 36.9. The summed E-state index contributed by atoms with van der Waals surface area (Å²) in [6.07, 6.45) is 25.3. The number of carbonyl (C=O) groups excluding carboxylic acids is 3. The molecule has 326 valence electrons. The maximum Gasteiger partial charge on any atom is 0.330 e. The molecule has 0 amide bonds.